The molecule has 4 aliphatic heterocycles. The van der Waals surface area contributed by atoms with E-state index < -0.39 is 0 Å². The van der Waals surface area contributed by atoms with E-state index in [2.05, 4.69) is 6.92 Å². The Morgan fingerprint density at radius 1 is 0.720 bits per heavy atom. The van der Waals surface area contributed by atoms with Crippen molar-refractivity contribution in [3.05, 3.63) is 27.8 Å². The third kappa shape index (κ3) is 3.70. The average molecular weight is 346 g/mol. The van der Waals surface area contributed by atoms with Crippen molar-refractivity contribution < 1.29 is 24.1 Å². The number of hydrogen-bond donors (Lipinski definition) is 1. The van der Waals surface area contributed by atoms with E-state index in [1.54, 1.807) is 0 Å². The van der Waals surface area contributed by atoms with E-state index >= 15 is 0 Å². The lowest BCUT2D eigenvalue weighted by molar-refractivity contribution is 0.389. The number of epoxide rings is 4. The third-order valence-electron chi connectivity index (χ3n) is 5.81. The molecule has 5 nitrogen and oxygen atoms in total. The summed E-state index contributed by atoms with van der Waals surface area (Å²) < 4.78 is 21.9. The van der Waals surface area contributed by atoms with Gasteiger partial charge in [-0.05, 0) is 42.0 Å². The molecule has 0 aliphatic carbocycles. The van der Waals surface area contributed by atoms with Gasteiger partial charge in [-0.1, -0.05) is 0 Å². The van der Waals surface area contributed by atoms with Crippen LogP contribution in [-0.4, -0.2) is 55.9 Å². The summed E-state index contributed by atoms with van der Waals surface area (Å²) >= 11 is 0. The summed E-state index contributed by atoms with van der Waals surface area (Å²) in [4.78, 5) is 0. The Bertz CT molecular complexity index is 669. The van der Waals surface area contributed by atoms with Crippen LogP contribution in [0, 0.1) is 6.92 Å². The number of phenolic OH excluding ortho intramolecular Hbond substituents is 1. The number of benzene rings is 1. The van der Waals surface area contributed by atoms with E-state index in [1.165, 1.54) is 16.7 Å². The van der Waals surface area contributed by atoms with Gasteiger partial charge in [0.2, 0.25) is 0 Å². The molecule has 4 heterocycles. The van der Waals surface area contributed by atoms with Crippen molar-refractivity contribution in [2.24, 2.45) is 0 Å². The minimum atomic E-state index is 0.264. The van der Waals surface area contributed by atoms with E-state index in [1.807, 2.05) is 0 Å². The van der Waals surface area contributed by atoms with Gasteiger partial charge in [-0.2, -0.15) is 0 Å². The first-order valence-electron chi connectivity index (χ1n) is 9.50. The molecule has 0 radical (unpaired) electrons. The van der Waals surface area contributed by atoms with E-state index in [0.717, 1.165) is 69.7 Å². The molecule has 4 unspecified atom stereocenters. The highest BCUT2D eigenvalue weighted by atomic mass is 16.6. The molecule has 5 heteroatoms. The zero-order valence-electron chi connectivity index (χ0n) is 14.8. The van der Waals surface area contributed by atoms with E-state index in [4.69, 9.17) is 18.9 Å². The summed E-state index contributed by atoms with van der Waals surface area (Å²) in [6, 6.07) is 0. The van der Waals surface area contributed by atoms with Gasteiger partial charge in [0.1, 0.15) is 5.75 Å². The van der Waals surface area contributed by atoms with Gasteiger partial charge in [-0.15, -0.1) is 0 Å². The van der Waals surface area contributed by atoms with Gasteiger partial charge in [0, 0.05) is 24.8 Å². The Kier molecular flexibility index (Phi) is 4.01. The summed E-state index contributed by atoms with van der Waals surface area (Å²) in [5, 5.41) is 11.0. The fourth-order valence-electron chi connectivity index (χ4n) is 3.93. The monoisotopic (exact) mass is 346 g/mol. The molecular weight excluding hydrogens is 320 g/mol. The first-order valence-corrected chi connectivity index (χ1v) is 9.50. The second-order valence-electron chi connectivity index (χ2n) is 7.86. The molecule has 5 rings (SSSR count). The maximum Gasteiger partial charge on any atom is 0.122 e. The zero-order chi connectivity index (χ0) is 17.0. The lowest BCUT2D eigenvalue weighted by Gasteiger charge is -2.23. The Hall–Kier alpha value is -1.14. The second-order valence-corrected chi connectivity index (χ2v) is 7.86. The Morgan fingerprint density at radius 3 is 1.64 bits per heavy atom. The van der Waals surface area contributed by atoms with Crippen molar-refractivity contribution in [3.8, 4) is 5.75 Å². The fourth-order valence-corrected chi connectivity index (χ4v) is 3.93. The summed E-state index contributed by atoms with van der Waals surface area (Å²) in [5.74, 6) is 0.471. The van der Waals surface area contributed by atoms with Crippen LogP contribution >= 0.6 is 0 Å². The Labute approximate surface area is 148 Å². The quantitative estimate of drug-likeness (QED) is 0.691. The summed E-state index contributed by atoms with van der Waals surface area (Å²) in [7, 11) is 0. The first kappa shape index (κ1) is 16.1. The van der Waals surface area contributed by atoms with Crippen molar-refractivity contribution in [2.45, 2.75) is 63.4 Å². The van der Waals surface area contributed by atoms with Gasteiger partial charge in [-0.3, -0.25) is 0 Å². The lowest BCUT2D eigenvalue weighted by Crippen LogP contribution is -2.14. The molecule has 4 aliphatic rings. The highest BCUT2D eigenvalue weighted by molar-refractivity contribution is 5.56. The van der Waals surface area contributed by atoms with Gasteiger partial charge in [0.05, 0.1) is 50.8 Å². The summed E-state index contributed by atoms with van der Waals surface area (Å²) in [6.45, 7) is 5.43. The molecule has 0 bridgehead atoms. The van der Waals surface area contributed by atoms with Gasteiger partial charge >= 0.3 is 0 Å². The molecule has 136 valence electrons. The molecule has 0 amide bonds. The molecular formula is C20H26O5. The predicted octanol–water partition coefficient (Wildman–Crippen LogP) is 1.86. The summed E-state index contributed by atoms with van der Waals surface area (Å²) in [5.41, 5.74) is 6.11. The number of rotatable bonds is 9. The second kappa shape index (κ2) is 6.23. The van der Waals surface area contributed by atoms with Gasteiger partial charge in [0.15, 0.2) is 0 Å². The minimum Gasteiger partial charge on any atom is -0.507 e. The van der Waals surface area contributed by atoms with Gasteiger partial charge < -0.3 is 24.1 Å². The van der Waals surface area contributed by atoms with Crippen LogP contribution in [0.25, 0.3) is 0 Å². The molecule has 4 atom stereocenters. The van der Waals surface area contributed by atoms with E-state index in [0.29, 0.717) is 24.1 Å². The van der Waals surface area contributed by atoms with Crippen molar-refractivity contribution in [3.63, 3.8) is 0 Å². The first-order chi connectivity index (χ1) is 12.2. The fraction of sp³-hybridized carbons (Fsp3) is 0.700. The smallest absolute Gasteiger partial charge is 0.122 e. The number of hydrogen-bond acceptors (Lipinski definition) is 5. The Balaban J connectivity index is 1.55. The largest absolute Gasteiger partial charge is 0.507 e. The van der Waals surface area contributed by atoms with Crippen LogP contribution in [0.3, 0.4) is 0 Å². The standard InChI is InChI=1S/C20H26O5/c1-11-16(3-2-12-7-22-12)17(4-13-8-23-13)18(5-14-9-24-14)19(20(11)21)6-15-10-25-15/h12-15,21H,2-10H2,1H3. The van der Waals surface area contributed by atoms with Gasteiger partial charge in [0.25, 0.3) is 0 Å². The van der Waals surface area contributed by atoms with E-state index in [9.17, 15) is 5.11 Å². The van der Waals surface area contributed by atoms with Gasteiger partial charge in [-0.25, -0.2) is 0 Å². The minimum absolute atomic E-state index is 0.264. The number of ether oxygens (including phenoxy) is 4. The number of phenols is 1. The van der Waals surface area contributed by atoms with Crippen molar-refractivity contribution >= 4 is 0 Å². The van der Waals surface area contributed by atoms with Crippen LogP contribution in [0.4, 0.5) is 0 Å². The lowest BCUT2D eigenvalue weighted by atomic mass is 9.83. The van der Waals surface area contributed by atoms with Crippen molar-refractivity contribution in [2.75, 3.05) is 26.4 Å². The van der Waals surface area contributed by atoms with Crippen LogP contribution in [0.15, 0.2) is 0 Å². The maximum absolute atomic E-state index is 11.0. The topological polar surface area (TPSA) is 70.3 Å². The molecule has 0 aromatic heterocycles. The predicted molar refractivity (Wildman–Crippen MR) is 91.2 cm³/mol. The zero-order valence-corrected chi connectivity index (χ0v) is 14.8. The molecule has 25 heavy (non-hydrogen) atoms. The van der Waals surface area contributed by atoms with Crippen LogP contribution in [0.1, 0.15) is 34.2 Å². The molecule has 1 aromatic carbocycles. The van der Waals surface area contributed by atoms with Crippen molar-refractivity contribution in [1.29, 1.82) is 0 Å². The van der Waals surface area contributed by atoms with E-state index in [-0.39, 0.29) is 6.10 Å². The summed E-state index contributed by atoms with van der Waals surface area (Å²) in [6.07, 6.45) is 5.95. The third-order valence-corrected chi connectivity index (χ3v) is 5.81. The highest BCUT2D eigenvalue weighted by Crippen LogP contribution is 2.40. The Morgan fingerprint density at radius 2 is 1.16 bits per heavy atom. The molecule has 0 saturated carbocycles. The van der Waals surface area contributed by atoms with Crippen LogP contribution < -0.4 is 0 Å². The normalized spacial score (nSPS) is 31.9. The SMILES string of the molecule is Cc1c(O)c(CC2CO2)c(CC2CO2)c(CC2CO2)c1CCC1CO1. The average Bonchev–Trinajstić information content (AvgIpc) is 3.46. The van der Waals surface area contributed by atoms with Crippen LogP contribution in [-0.2, 0) is 44.6 Å². The van der Waals surface area contributed by atoms with Crippen LogP contribution in [0.5, 0.6) is 5.75 Å². The molecule has 1 N–H and O–H groups in total. The molecule has 0 spiro atoms. The molecule has 4 fully saturated rings. The van der Waals surface area contributed by atoms with Crippen LogP contribution in [0.2, 0.25) is 0 Å². The highest BCUT2D eigenvalue weighted by Gasteiger charge is 2.35. The molecule has 4 saturated heterocycles. The number of aromatic hydroxyl groups is 1. The maximum atomic E-state index is 11.0. The van der Waals surface area contributed by atoms with Crippen molar-refractivity contribution in [1.82, 2.24) is 0 Å². The molecule has 1 aromatic rings.